The largest absolute Gasteiger partial charge is 0.303 e. The van der Waals surface area contributed by atoms with Gasteiger partial charge in [0.15, 0.2) is 0 Å². The van der Waals surface area contributed by atoms with E-state index in [4.69, 9.17) is 0 Å². The van der Waals surface area contributed by atoms with Crippen molar-refractivity contribution in [3.8, 4) is 0 Å². The second-order valence-electron chi connectivity index (χ2n) is 5.75. The van der Waals surface area contributed by atoms with E-state index in [0.29, 0.717) is 17.2 Å². The number of hydrogen-bond acceptors (Lipinski definition) is 2. The fourth-order valence-electron chi connectivity index (χ4n) is 2.24. The Bertz CT molecular complexity index is 195. The predicted molar refractivity (Wildman–Crippen MR) is 59.3 cm³/mol. The fourth-order valence-corrected chi connectivity index (χ4v) is 2.24. The van der Waals surface area contributed by atoms with Crippen LogP contribution in [0, 0.1) is 5.41 Å². The van der Waals surface area contributed by atoms with Crippen LogP contribution in [0.1, 0.15) is 46.5 Å². The van der Waals surface area contributed by atoms with Crippen LogP contribution in [0.3, 0.4) is 0 Å². The van der Waals surface area contributed by atoms with Gasteiger partial charge in [-0.25, -0.2) is 0 Å². The first-order chi connectivity index (χ1) is 6.38. The number of hydrogen-bond donors (Lipinski definition) is 0. The Hall–Kier alpha value is -0.370. The summed E-state index contributed by atoms with van der Waals surface area (Å²) in [4.78, 5) is 13.5. The van der Waals surface area contributed by atoms with Crippen molar-refractivity contribution in [1.29, 1.82) is 0 Å². The van der Waals surface area contributed by atoms with E-state index < -0.39 is 0 Å². The van der Waals surface area contributed by atoms with Crippen molar-refractivity contribution in [3.05, 3.63) is 0 Å². The molecule has 0 spiro atoms. The molecule has 2 heteroatoms. The molecule has 0 aromatic carbocycles. The van der Waals surface area contributed by atoms with Crippen LogP contribution in [0.2, 0.25) is 0 Å². The molecule has 0 heterocycles. The monoisotopic (exact) mass is 197 g/mol. The van der Waals surface area contributed by atoms with Crippen molar-refractivity contribution in [2.24, 2.45) is 5.41 Å². The Morgan fingerprint density at radius 2 is 1.79 bits per heavy atom. The van der Waals surface area contributed by atoms with Gasteiger partial charge in [0.2, 0.25) is 0 Å². The first-order valence-corrected chi connectivity index (χ1v) is 5.60. The van der Waals surface area contributed by atoms with Crippen LogP contribution in [0.25, 0.3) is 0 Å². The molecule has 2 nitrogen and oxygen atoms in total. The summed E-state index contributed by atoms with van der Waals surface area (Å²) >= 11 is 0. The molecule has 82 valence electrons. The van der Waals surface area contributed by atoms with E-state index in [1.807, 2.05) is 0 Å². The molecule has 0 aromatic rings. The SMILES string of the molecule is CN(CC(C)(C)C)C1CCC(=O)CC1. The van der Waals surface area contributed by atoms with Crippen molar-refractivity contribution in [2.75, 3.05) is 13.6 Å². The summed E-state index contributed by atoms with van der Waals surface area (Å²) in [7, 11) is 2.19. The van der Waals surface area contributed by atoms with Crippen molar-refractivity contribution < 1.29 is 4.79 Å². The summed E-state index contributed by atoms with van der Waals surface area (Å²) in [6, 6.07) is 0.631. The van der Waals surface area contributed by atoms with Gasteiger partial charge in [-0.15, -0.1) is 0 Å². The van der Waals surface area contributed by atoms with Gasteiger partial charge in [-0.1, -0.05) is 20.8 Å². The van der Waals surface area contributed by atoms with Gasteiger partial charge in [-0.3, -0.25) is 4.79 Å². The van der Waals surface area contributed by atoms with Gasteiger partial charge in [0.05, 0.1) is 0 Å². The maximum atomic E-state index is 11.1. The lowest BCUT2D eigenvalue weighted by atomic mass is 9.90. The molecule has 0 amide bonds. The standard InChI is InChI=1S/C12H23NO/c1-12(2,3)9-13(4)10-5-7-11(14)8-6-10/h10H,5-9H2,1-4H3. The van der Waals surface area contributed by atoms with Crippen molar-refractivity contribution in [1.82, 2.24) is 4.90 Å². The van der Waals surface area contributed by atoms with E-state index in [9.17, 15) is 4.79 Å². The molecule has 0 N–H and O–H groups in total. The number of Topliss-reactive ketones (excluding diaryl/α,β-unsaturated/α-hetero) is 1. The minimum absolute atomic E-state index is 0.357. The molecule has 1 aliphatic carbocycles. The highest BCUT2D eigenvalue weighted by Gasteiger charge is 2.24. The third-order valence-electron chi connectivity index (χ3n) is 2.86. The van der Waals surface area contributed by atoms with Crippen LogP contribution >= 0.6 is 0 Å². The van der Waals surface area contributed by atoms with Gasteiger partial charge in [-0.05, 0) is 25.3 Å². The average Bonchev–Trinajstić information content (AvgIpc) is 2.02. The van der Waals surface area contributed by atoms with E-state index >= 15 is 0 Å². The lowest BCUT2D eigenvalue weighted by molar-refractivity contribution is -0.121. The van der Waals surface area contributed by atoms with Gasteiger partial charge in [0.1, 0.15) is 5.78 Å². The van der Waals surface area contributed by atoms with Crippen LogP contribution in [-0.2, 0) is 4.79 Å². The number of carbonyl (C=O) groups excluding carboxylic acids is 1. The Morgan fingerprint density at radius 1 is 1.29 bits per heavy atom. The van der Waals surface area contributed by atoms with Crippen LogP contribution < -0.4 is 0 Å². The molecule has 1 aliphatic rings. The zero-order valence-electron chi connectivity index (χ0n) is 9.97. The van der Waals surface area contributed by atoms with Crippen molar-refractivity contribution >= 4 is 5.78 Å². The topological polar surface area (TPSA) is 20.3 Å². The molecule has 1 rings (SSSR count). The molecular formula is C12H23NO. The van der Waals surface area contributed by atoms with Gasteiger partial charge < -0.3 is 4.90 Å². The minimum atomic E-state index is 0.357. The summed E-state index contributed by atoms with van der Waals surface area (Å²) in [5.74, 6) is 0.449. The lowest BCUT2D eigenvalue weighted by Gasteiger charge is -2.35. The second-order valence-corrected chi connectivity index (χ2v) is 5.75. The normalized spacial score (nSPS) is 20.5. The molecule has 0 radical (unpaired) electrons. The van der Waals surface area contributed by atoms with E-state index in [0.717, 1.165) is 32.2 Å². The second kappa shape index (κ2) is 4.43. The maximum absolute atomic E-state index is 11.1. The summed E-state index contributed by atoms with van der Waals surface area (Å²) < 4.78 is 0. The Kier molecular flexibility index (Phi) is 3.71. The maximum Gasteiger partial charge on any atom is 0.133 e. The van der Waals surface area contributed by atoms with Crippen LogP contribution in [-0.4, -0.2) is 30.3 Å². The summed E-state index contributed by atoms with van der Waals surface area (Å²) in [5, 5.41) is 0. The molecule has 0 aromatic heterocycles. The van der Waals surface area contributed by atoms with Crippen molar-refractivity contribution in [2.45, 2.75) is 52.5 Å². The number of carbonyl (C=O) groups is 1. The zero-order valence-corrected chi connectivity index (χ0v) is 9.97. The Labute approximate surface area is 87.7 Å². The first-order valence-electron chi connectivity index (χ1n) is 5.60. The summed E-state index contributed by atoms with van der Waals surface area (Å²) in [6.45, 7) is 7.90. The van der Waals surface area contributed by atoms with E-state index in [-0.39, 0.29) is 0 Å². The Balaban J connectivity index is 2.38. The molecule has 0 saturated heterocycles. The lowest BCUT2D eigenvalue weighted by Crippen LogP contribution is -2.40. The third-order valence-corrected chi connectivity index (χ3v) is 2.86. The fraction of sp³-hybridized carbons (Fsp3) is 0.917. The van der Waals surface area contributed by atoms with Crippen molar-refractivity contribution in [3.63, 3.8) is 0 Å². The third kappa shape index (κ3) is 3.79. The molecule has 14 heavy (non-hydrogen) atoms. The smallest absolute Gasteiger partial charge is 0.133 e. The molecule has 1 fully saturated rings. The molecular weight excluding hydrogens is 174 g/mol. The van der Waals surface area contributed by atoms with Gasteiger partial charge >= 0.3 is 0 Å². The van der Waals surface area contributed by atoms with Crippen LogP contribution in [0.15, 0.2) is 0 Å². The van der Waals surface area contributed by atoms with E-state index in [1.165, 1.54) is 0 Å². The number of rotatable bonds is 2. The van der Waals surface area contributed by atoms with Gasteiger partial charge in [0, 0.05) is 25.4 Å². The first kappa shape index (κ1) is 11.7. The highest BCUT2D eigenvalue weighted by Crippen LogP contribution is 2.23. The van der Waals surface area contributed by atoms with E-state index in [1.54, 1.807) is 0 Å². The molecule has 1 saturated carbocycles. The average molecular weight is 197 g/mol. The minimum Gasteiger partial charge on any atom is -0.303 e. The molecule has 0 unspecified atom stereocenters. The Morgan fingerprint density at radius 3 is 2.21 bits per heavy atom. The highest BCUT2D eigenvalue weighted by atomic mass is 16.1. The predicted octanol–water partition coefficient (Wildman–Crippen LogP) is 2.48. The van der Waals surface area contributed by atoms with Crippen LogP contribution in [0.4, 0.5) is 0 Å². The van der Waals surface area contributed by atoms with Crippen LogP contribution in [0.5, 0.6) is 0 Å². The quantitative estimate of drug-likeness (QED) is 0.678. The summed E-state index contributed by atoms with van der Waals surface area (Å²) in [6.07, 6.45) is 3.70. The highest BCUT2D eigenvalue weighted by molar-refractivity contribution is 5.79. The van der Waals surface area contributed by atoms with Gasteiger partial charge in [0.25, 0.3) is 0 Å². The number of nitrogens with zero attached hydrogens (tertiary/aromatic N) is 1. The number of ketones is 1. The summed E-state index contributed by atoms with van der Waals surface area (Å²) in [5.41, 5.74) is 0.357. The molecule has 0 atom stereocenters. The van der Waals surface area contributed by atoms with Gasteiger partial charge in [-0.2, -0.15) is 0 Å². The zero-order chi connectivity index (χ0) is 10.8. The van der Waals surface area contributed by atoms with E-state index in [2.05, 4.69) is 32.7 Å². The molecule has 0 bridgehead atoms. The molecule has 0 aliphatic heterocycles.